The number of carbonyl (C=O) groups excluding carboxylic acids is 1. The molecule has 8 heteroatoms. The monoisotopic (exact) mass is 439 g/mol. The predicted molar refractivity (Wildman–Crippen MR) is 117 cm³/mol. The zero-order chi connectivity index (χ0) is 18.1. The fourth-order valence-electron chi connectivity index (χ4n) is 3.60. The van der Waals surface area contributed by atoms with Crippen LogP contribution in [0.2, 0.25) is 0 Å². The SMILES string of the molecule is Cc1sc(-c2ccco2)nc1C(=O)N1C[C@@H](CN)[C@H](c2ccccc2)C1.Cl.Cl. The summed E-state index contributed by atoms with van der Waals surface area (Å²) in [6.07, 6.45) is 1.62. The smallest absolute Gasteiger partial charge is 0.273 e. The Morgan fingerprint density at radius 2 is 1.96 bits per heavy atom. The largest absolute Gasteiger partial charge is 0.462 e. The summed E-state index contributed by atoms with van der Waals surface area (Å²) in [5.74, 6) is 1.22. The van der Waals surface area contributed by atoms with Gasteiger partial charge in [0.05, 0.1) is 6.26 Å². The van der Waals surface area contributed by atoms with Crippen molar-refractivity contribution in [3.8, 4) is 10.8 Å². The van der Waals surface area contributed by atoms with Crippen molar-refractivity contribution in [3.63, 3.8) is 0 Å². The van der Waals surface area contributed by atoms with E-state index < -0.39 is 0 Å². The summed E-state index contributed by atoms with van der Waals surface area (Å²) in [7, 11) is 0. The maximum atomic E-state index is 13.1. The third-order valence-corrected chi connectivity index (χ3v) is 5.98. The van der Waals surface area contributed by atoms with Gasteiger partial charge >= 0.3 is 0 Å². The second-order valence-corrected chi connectivity index (χ2v) is 7.83. The van der Waals surface area contributed by atoms with Crippen LogP contribution in [0.25, 0.3) is 10.8 Å². The second kappa shape index (κ2) is 9.56. The molecular formula is C20H23Cl2N3O2S. The van der Waals surface area contributed by atoms with Gasteiger partial charge in [-0.15, -0.1) is 36.2 Å². The summed E-state index contributed by atoms with van der Waals surface area (Å²) in [5.41, 5.74) is 7.76. The van der Waals surface area contributed by atoms with Gasteiger partial charge in [-0.3, -0.25) is 4.79 Å². The lowest BCUT2D eigenvalue weighted by Crippen LogP contribution is -2.30. The van der Waals surface area contributed by atoms with Gasteiger partial charge in [-0.1, -0.05) is 30.3 Å². The van der Waals surface area contributed by atoms with Crippen LogP contribution in [0.5, 0.6) is 0 Å². The van der Waals surface area contributed by atoms with Crippen molar-refractivity contribution in [1.29, 1.82) is 0 Å². The minimum absolute atomic E-state index is 0. The van der Waals surface area contributed by atoms with Crippen molar-refractivity contribution in [2.75, 3.05) is 19.6 Å². The highest BCUT2D eigenvalue weighted by molar-refractivity contribution is 7.15. The Balaban J connectivity index is 0.00000140. The van der Waals surface area contributed by atoms with E-state index in [1.165, 1.54) is 16.9 Å². The zero-order valence-corrected chi connectivity index (χ0v) is 17.9. The summed E-state index contributed by atoms with van der Waals surface area (Å²) in [5, 5.41) is 0.741. The molecule has 0 bridgehead atoms. The lowest BCUT2D eigenvalue weighted by atomic mass is 9.89. The standard InChI is InChI=1S/C20H21N3O2S.2ClH/c1-13-18(22-19(26-13)17-8-5-9-25-17)20(24)23-11-15(10-21)16(12-23)14-6-3-2-4-7-14;;/h2-9,15-16H,10-12,21H2,1H3;2*1H/t15-,16+;;/m1../s1. The molecule has 0 saturated carbocycles. The second-order valence-electron chi connectivity index (χ2n) is 6.62. The molecule has 5 nitrogen and oxygen atoms in total. The van der Waals surface area contributed by atoms with E-state index in [-0.39, 0.29) is 42.6 Å². The molecule has 4 rings (SSSR count). The number of aryl methyl sites for hydroxylation is 1. The third kappa shape index (κ3) is 4.25. The highest BCUT2D eigenvalue weighted by Crippen LogP contribution is 2.34. The van der Waals surface area contributed by atoms with Gasteiger partial charge in [0.15, 0.2) is 10.8 Å². The summed E-state index contributed by atoms with van der Waals surface area (Å²) in [4.78, 5) is 20.4. The molecule has 0 aliphatic carbocycles. The van der Waals surface area contributed by atoms with Crippen LogP contribution in [0.15, 0.2) is 53.1 Å². The van der Waals surface area contributed by atoms with Crippen LogP contribution in [0.3, 0.4) is 0 Å². The molecule has 28 heavy (non-hydrogen) atoms. The van der Waals surface area contributed by atoms with Crippen molar-refractivity contribution in [1.82, 2.24) is 9.88 Å². The number of thiazole rings is 1. The van der Waals surface area contributed by atoms with Gasteiger partial charge in [0.25, 0.3) is 5.91 Å². The molecule has 1 aromatic carbocycles. The molecule has 0 spiro atoms. The van der Waals surface area contributed by atoms with Crippen molar-refractivity contribution in [2.45, 2.75) is 12.8 Å². The maximum absolute atomic E-state index is 13.1. The Morgan fingerprint density at radius 3 is 2.61 bits per heavy atom. The number of likely N-dealkylation sites (tertiary alicyclic amines) is 1. The number of rotatable bonds is 4. The number of halogens is 2. The Bertz CT molecular complexity index is 900. The first-order chi connectivity index (χ1) is 12.7. The lowest BCUT2D eigenvalue weighted by molar-refractivity contribution is 0.0781. The molecule has 1 aliphatic rings. The first kappa shape index (κ1) is 22.4. The Hall–Kier alpha value is -1.86. The van der Waals surface area contributed by atoms with Crippen molar-refractivity contribution < 1.29 is 9.21 Å². The quantitative estimate of drug-likeness (QED) is 0.654. The maximum Gasteiger partial charge on any atom is 0.273 e. The summed E-state index contributed by atoms with van der Waals surface area (Å²) in [6.45, 7) is 3.85. The fourth-order valence-corrected chi connectivity index (χ4v) is 4.48. The molecular weight excluding hydrogens is 417 g/mol. The molecule has 0 radical (unpaired) electrons. The summed E-state index contributed by atoms with van der Waals surface area (Å²) in [6, 6.07) is 14.0. The van der Waals surface area contributed by atoms with E-state index in [0.717, 1.165) is 9.88 Å². The van der Waals surface area contributed by atoms with Crippen LogP contribution >= 0.6 is 36.2 Å². The Labute approximate surface area is 180 Å². The van der Waals surface area contributed by atoms with E-state index >= 15 is 0 Å². The highest BCUT2D eigenvalue weighted by Gasteiger charge is 2.36. The van der Waals surface area contributed by atoms with Crippen LogP contribution in [0.1, 0.15) is 26.8 Å². The molecule has 2 atom stereocenters. The first-order valence-corrected chi connectivity index (χ1v) is 9.54. The number of hydrogen-bond acceptors (Lipinski definition) is 5. The topological polar surface area (TPSA) is 72.4 Å². The molecule has 2 aromatic heterocycles. The van der Waals surface area contributed by atoms with Gasteiger partial charge in [0.1, 0.15) is 5.69 Å². The highest BCUT2D eigenvalue weighted by atomic mass is 35.5. The van der Waals surface area contributed by atoms with Crippen molar-refractivity contribution in [3.05, 3.63) is 64.9 Å². The lowest BCUT2D eigenvalue weighted by Gasteiger charge is -2.16. The number of aromatic nitrogens is 1. The molecule has 2 N–H and O–H groups in total. The Morgan fingerprint density at radius 1 is 1.21 bits per heavy atom. The molecule has 1 aliphatic heterocycles. The predicted octanol–water partition coefficient (Wildman–Crippen LogP) is 4.37. The summed E-state index contributed by atoms with van der Waals surface area (Å²) < 4.78 is 5.41. The van der Waals surface area contributed by atoms with E-state index in [4.69, 9.17) is 10.2 Å². The van der Waals surface area contributed by atoms with Crippen LogP contribution in [0, 0.1) is 12.8 Å². The number of benzene rings is 1. The first-order valence-electron chi connectivity index (χ1n) is 8.73. The van der Waals surface area contributed by atoms with E-state index in [2.05, 4.69) is 17.1 Å². The van der Waals surface area contributed by atoms with Crippen LogP contribution in [-0.2, 0) is 0 Å². The van der Waals surface area contributed by atoms with Crippen molar-refractivity contribution in [2.24, 2.45) is 11.7 Å². The normalized spacial score (nSPS) is 18.4. The Kier molecular flexibility index (Phi) is 7.66. The third-order valence-electron chi connectivity index (χ3n) is 4.99. The van der Waals surface area contributed by atoms with E-state index in [1.54, 1.807) is 6.26 Å². The van der Waals surface area contributed by atoms with Gasteiger partial charge in [0, 0.05) is 23.9 Å². The van der Waals surface area contributed by atoms with Crippen LogP contribution in [0.4, 0.5) is 0 Å². The zero-order valence-electron chi connectivity index (χ0n) is 15.4. The number of hydrogen-bond donors (Lipinski definition) is 1. The average molecular weight is 440 g/mol. The fraction of sp³-hybridized carbons (Fsp3) is 0.300. The van der Waals surface area contributed by atoms with Crippen LogP contribution in [-0.4, -0.2) is 35.4 Å². The van der Waals surface area contributed by atoms with E-state index in [0.29, 0.717) is 31.1 Å². The molecule has 3 heterocycles. The molecule has 1 fully saturated rings. The number of nitrogens with zero attached hydrogens (tertiary/aromatic N) is 2. The molecule has 1 saturated heterocycles. The molecule has 1 amide bonds. The van der Waals surface area contributed by atoms with Crippen LogP contribution < -0.4 is 5.73 Å². The van der Waals surface area contributed by atoms with Gasteiger partial charge in [-0.05, 0) is 37.1 Å². The minimum Gasteiger partial charge on any atom is -0.462 e. The number of carbonyl (C=O) groups is 1. The van der Waals surface area contributed by atoms with Gasteiger partial charge in [-0.2, -0.15) is 0 Å². The number of furan rings is 1. The van der Waals surface area contributed by atoms with E-state index in [9.17, 15) is 4.79 Å². The average Bonchev–Trinajstić information content (AvgIpc) is 3.40. The summed E-state index contributed by atoms with van der Waals surface area (Å²) >= 11 is 1.49. The number of nitrogens with two attached hydrogens (primary N) is 1. The van der Waals surface area contributed by atoms with Gasteiger partial charge in [0.2, 0.25) is 0 Å². The molecule has 3 aromatic rings. The van der Waals surface area contributed by atoms with Crippen molar-refractivity contribution >= 4 is 42.1 Å². The molecule has 0 unspecified atom stereocenters. The van der Waals surface area contributed by atoms with Gasteiger partial charge in [-0.25, -0.2) is 4.98 Å². The molecule has 150 valence electrons. The van der Waals surface area contributed by atoms with Gasteiger partial charge < -0.3 is 15.1 Å². The van der Waals surface area contributed by atoms with E-state index in [1.807, 2.05) is 42.2 Å². The number of amides is 1. The minimum atomic E-state index is -0.0200.